The molecule has 0 saturated carbocycles. The minimum absolute atomic E-state index is 0.0892. The van der Waals surface area contributed by atoms with Gasteiger partial charge in [-0.05, 0) is 29.0 Å². The molecule has 0 fully saturated rings. The SMILES string of the molecule is CC[C@H](/C=C/C(=O)OC)[C@]1(C)C=C[C@@H]([C@H](/C=C/c2ccccc2)C(=O)OC)c2ccccc21. The van der Waals surface area contributed by atoms with Crippen LogP contribution in [0.3, 0.4) is 0 Å². The molecule has 0 bridgehead atoms. The van der Waals surface area contributed by atoms with Crippen molar-refractivity contribution in [1.29, 1.82) is 0 Å². The van der Waals surface area contributed by atoms with Gasteiger partial charge in [-0.3, -0.25) is 4.79 Å². The van der Waals surface area contributed by atoms with Crippen LogP contribution in [0.5, 0.6) is 0 Å². The Labute approximate surface area is 196 Å². The maximum Gasteiger partial charge on any atom is 0.330 e. The van der Waals surface area contributed by atoms with Gasteiger partial charge in [0.1, 0.15) is 0 Å². The van der Waals surface area contributed by atoms with Crippen molar-refractivity contribution in [2.24, 2.45) is 11.8 Å². The average Bonchev–Trinajstić information content (AvgIpc) is 2.86. The largest absolute Gasteiger partial charge is 0.469 e. The maximum atomic E-state index is 12.8. The first-order valence-corrected chi connectivity index (χ1v) is 11.3. The number of carbonyl (C=O) groups excluding carboxylic acids is 2. The molecule has 0 heterocycles. The van der Waals surface area contributed by atoms with Gasteiger partial charge in [-0.25, -0.2) is 4.79 Å². The van der Waals surface area contributed by atoms with Gasteiger partial charge in [0.2, 0.25) is 0 Å². The molecule has 1 aliphatic rings. The number of fused-ring (bicyclic) bond motifs is 1. The lowest BCUT2D eigenvalue weighted by Gasteiger charge is -2.40. The van der Waals surface area contributed by atoms with Crippen LogP contribution in [0.1, 0.15) is 42.9 Å². The van der Waals surface area contributed by atoms with Crippen molar-refractivity contribution < 1.29 is 19.1 Å². The van der Waals surface area contributed by atoms with E-state index < -0.39 is 5.92 Å². The summed E-state index contributed by atoms with van der Waals surface area (Å²) in [6.45, 7) is 4.29. The van der Waals surface area contributed by atoms with E-state index in [0.717, 1.165) is 23.1 Å². The molecule has 2 aromatic rings. The molecule has 1 aliphatic carbocycles. The summed E-state index contributed by atoms with van der Waals surface area (Å²) in [6.07, 6.45) is 12.5. The molecule has 0 amide bonds. The van der Waals surface area contributed by atoms with Crippen LogP contribution < -0.4 is 0 Å². The Bertz CT molecular complexity index is 1050. The highest BCUT2D eigenvalue weighted by Gasteiger charge is 2.40. The van der Waals surface area contributed by atoms with Gasteiger partial charge < -0.3 is 9.47 Å². The average molecular weight is 445 g/mol. The van der Waals surface area contributed by atoms with E-state index in [2.05, 4.69) is 38.1 Å². The van der Waals surface area contributed by atoms with Gasteiger partial charge in [-0.15, -0.1) is 0 Å². The van der Waals surface area contributed by atoms with Crippen molar-refractivity contribution in [2.75, 3.05) is 14.2 Å². The van der Waals surface area contributed by atoms with Gasteiger partial charge in [0.05, 0.1) is 20.1 Å². The van der Waals surface area contributed by atoms with E-state index in [1.807, 2.05) is 60.7 Å². The van der Waals surface area contributed by atoms with Crippen molar-refractivity contribution in [3.05, 3.63) is 102 Å². The van der Waals surface area contributed by atoms with Crippen molar-refractivity contribution in [3.8, 4) is 0 Å². The molecule has 2 aromatic carbocycles. The number of ether oxygens (including phenoxy) is 2. The second-order valence-electron chi connectivity index (χ2n) is 8.47. The Morgan fingerprint density at radius 1 is 1.00 bits per heavy atom. The van der Waals surface area contributed by atoms with E-state index in [1.54, 1.807) is 0 Å². The molecule has 0 unspecified atom stereocenters. The van der Waals surface area contributed by atoms with Crippen molar-refractivity contribution in [1.82, 2.24) is 0 Å². The van der Waals surface area contributed by atoms with Crippen LogP contribution in [-0.4, -0.2) is 26.2 Å². The lowest BCUT2D eigenvalue weighted by molar-refractivity contribution is -0.144. The summed E-state index contributed by atoms with van der Waals surface area (Å²) in [4.78, 5) is 24.6. The van der Waals surface area contributed by atoms with E-state index in [9.17, 15) is 9.59 Å². The fourth-order valence-electron chi connectivity index (χ4n) is 4.69. The molecular weight excluding hydrogens is 412 g/mol. The van der Waals surface area contributed by atoms with Crippen LogP contribution in [0.15, 0.2) is 85.0 Å². The first-order valence-electron chi connectivity index (χ1n) is 11.3. The molecule has 172 valence electrons. The number of benzene rings is 2. The normalized spacial score (nSPS) is 21.5. The first kappa shape index (κ1) is 24.2. The summed E-state index contributed by atoms with van der Waals surface area (Å²) in [7, 11) is 2.81. The topological polar surface area (TPSA) is 52.6 Å². The lowest BCUT2D eigenvalue weighted by atomic mass is 9.63. The smallest absolute Gasteiger partial charge is 0.330 e. The monoisotopic (exact) mass is 444 g/mol. The molecule has 0 saturated heterocycles. The molecule has 0 aromatic heterocycles. The molecule has 0 spiro atoms. The molecule has 4 nitrogen and oxygen atoms in total. The second-order valence-corrected chi connectivity index (χ2v) is 8.47. The Morgan fingerprint density at radius 2 is 1.70 bits per heavy atom. The summed E-state index contributed by atoms with van der Waals surface area (Å²) in [5.41, 5.74) is 2.96. The predicted molar refractivity (Wildman–Crippen MR) is 132 cm³/mol. The summed E-state index contributed by atoms with van der Waals surface area (Å²) >= 11 is 0. The summed E-state index contributed by atoms with van der Waals surface area (Å²) < 4.78 is 9.96. The molecule has 3 rings (SSSR count). The zero-order chi connectivity index (χ0) is 23.8. The number of methoxy groups -OCH3 is 2. The van der Waals surface area contributed by atoms with Gasteiger partial charge in [0, 0.05) is 17.4 Å². The van der Waals surface area contributed by atoms with Crippen LogP contribution in [0, 0.1) is 11.8 Å². The predicted octanol–water partition coefficient (Wildman–Crippen LogP) is 5.86. The maximum absolute atomic E-state index is 12.8. The highest BCUT2D eigenvalue weighted by molar-refractivity contribution is 5.82. The fraction of sp³-hybridized carbons (Fsp3) is 0.310. The van der Waals surface area contributed by atoms with E-state index >= 15 is 0 Å². The van der Waals surface area contributed by atoms with Crippen LogP contribution >= 0.6 is 0 Å². The Hall–Kier alpha value is -3.40. The Kier molecular flexibility index (Phi) is 8.05. The Balaban J connectivity index is 2.03. The number of allylic oxidation sites excluding steroid dienone is 3. The third-order valence-corrected chi connectivity index (χ3v) is 6.58. The minimum atomic E-state index is -0.456. The van der Waals surface area contributed by atoms with E-state index in [0.29, 0.717) is 0 Å². The van der Waals surface area contributed by atoms with Crippen molar-refractivity contribution >= 4 is 18.0 Å². The van der Waals surface area contributed by atoms with Crippen LogP contribution in [-0.2, 0) is 24.5 Å². The van der Waals surface area contributed by atoms with Crippen molar-refractivity contribution in [2.45, 2.75) is 31.6 Å². The Morgan fingerprint density at radius 3 is 2.36 bits per heavy atom. The zero-order valence-electron chi connectivity index (χ0n) is 19.7. The van der Waals surface area contributed by atoms with Crippen LogP contribution in [0.2, 0.25) is 0 Å². The number of esters is 2. The number of hydrogen-bond acceptors (Lipinski definition) is 4. The molecule has 4 atom stereocenters. The molecule has 4 heteroatoms. The summed E-state index contributed by atoms with van der Waals surface area (Å²) in [5.74, 6) is -1.15. The highest BCUT2D eigenvalue weighted by atomic mass is 16.5. The summed E-state index contributed by atoms with van der Waals surface area (Å²) in [5, 5.41) is 0. The minimum Gasteiger partial charge on any atom is -0.469 e. The van der Waals surface area contributed by atoms with E-state index in [-0.39, 0.29) is 29.2 Å². The van der Waals surface area contributed by atoms with E-state index in [4.69, 9.17) is 9.47 Å². The highest BCUT2D eigenvalue weighted by Crippen LogP contribution is 2.46. The first-order chi connectivity index (χ1) is 15.9. The van der Waals surface area contributed by atoms with Crippen molar-refractivity contribution in [3.63, 3.8) is 0 Å². The number of rotatable bonds is 8. The molecule has 0 aliphatic heterocycles. The number of carbonyl (C=O) groups is 2. The lowest BCUT2D eigenvalue weighted by Crippen LogP contribution is -2.35. The van der Waals surface area contributed by atoms with Gasteiger partial charge in [-0.2, -0.15) is 0 Å². The van der Waals surface area contributed by atoms with Crippen LogP contribution in [0.4, 0.5) is 0 Å². The standard InChI is InChI=1S/C29H32O4/c1-5-22(16-18-27(30)32-3)29(2)20-19-23(24-13-9-10-14-26(24)29)25(28(31)33-4)17-15-21-11-7-6-8-12-21/h6-20,22-23,25H,5H2,1-4H3/b17-15+,18-16+/t22-,23-,25+,29+/m1/s1. The molecular formula is C29H32O4. The number of hydrogen-bond donors (Lipinski definition) is 0. The van der Waals surface area contributed by atoms with Crippen LogP contribution in [0.25, 0.3) is 6.08 Å². The molecule has 33 heavy (non-hydrogen) atoms. The zero-order valence-corrected chi connectivity index (χ0v) is 19.7. The van der Waals surface area contributed by atoms with Gasteiger partial charge >= 0.3 is 11.9 Å². The third kappa shape index (κ3) is 5.33. The van der Waals surface area contributed by atoms with Gasteiger partial charge in [-0.1, -0.05) is 98.8 Å². The van der Waals surface area contributed by atoms with E-state index in [1.165, 1.54) is 20.3 Å². The van der Waals surface area contributed by atoms with Gasteiger partial charge in [0.25, 0.3) is 0 Å². The third-order valence-electron chi connectivity index (χ3n) is 6.58. The second kappa shape index (κ2) is 11.0. The van der Waals surface area contributed by atoms with Gasteiger partial charge in [0.15, 0.2) is 0 Å². The molecule has 0 radical (unpaired) electrons. The quantitative estimate of drug-likeness (QED) is 0.291. The fourth-order valence-corrected chi connectivity index (χ4v) is 4.69. The molecule has 0 N–H and O–H groups in total. The summed E-state index contributed by atoms with van der Waals surface area (Å²) in [6, 6.07) is 18.2.